The Balaban J connectivity index is 1.83. The van der Waals surface area contributed by atoms with Crippen LogP contribution in [0.5, 0.6) is 28.7 Å². The summed E-state index contributed by atoms with van der Waals surface area (Å²) in [5, 5.41) is 30.3. The third-order valence-electron chi connectivity index (χ3n) is 4.70. The van der Waals surface area contributed by atoms with Gasteiger partial charge in [0.25, 0.3) is 0 Å². The molecular weight excluding hydrogens is 344 g/mol. The summed E-state index contributed by atoms with van der Waals surface area (Å²) < 4.78 is 12.0. The minimum atomic E-state index is -0.504. The van der Waals surface area contributed by atoms with Crippen LogP contribution in [0.15, 0.2) is 48.5 Å². The highest BCUT2D eigenvalue weighted by molar-refractivity contribution is 5.56. The van der Waals surface area contributed by atoms with Gasteiger partial charge in [0, 0.05) is 23.3 Å². The summed E-state index contributed by atoms with van der Waals surface area (Å²) in [5.74, 6) is 1.21. The molecule has 1 atom stereocenters. The standard InChI is InChI=1S/C22H20O5/c1-12-6-15(23)9-17(7-12)27-19-10-16(24)8-13(2)20(19)22-21-14(11-26-22)4-3-5-18(21)25/h3-10,22-25H,11H2,1-2H3. The molecule has 138 valence electrons. The molecule has 3 aromatic rings. The van der Waals surface area contributed by atoms with Gasteiger partial charge < -0.3 is 24.8 Å². The van der Waals surface area contributed by atoms with Crippen molar-refractivity contribution in [2.45, 2.75) is 26.6 Å². The van der Waals surface area contributed by atoms with Crippen molar-refractivity contribution in [2.24, 2.45) is 0 Å². The third-order valence-corrected chi connectivity index (χ3v) is 4.70. The Kier molecular flexibility index (Phi) is 4.16. The minimum absolute atomic E-state index is 0.0682. The molecule has 1 aliphatic heterocycles. The number of phenols is 3. The average molecular weight is 364 g/mol. The van der Waals surface area contributed by atoms with Crippen molar-refractivity contribution >= 4 is 0 Å². The van der Waals surface area contributed by atoms with Gasteiger partial charge in [0.2, 0.25) is 0 Å². The lowest BCUT2D eigenvalue weighted by Gasteiger charge is -2.20. The molecule has 27 heavy (non-hydrogen) atoms. The summed E-state index contributed by atoms with van der Waals surface area (Å²) in [4.78, 5) is 0. The average Bonchev–Trinajstić information content (AvgIpc) is 2.98. The van der Waals surface area contributed by atoms with Crippen LogP contribution in [-0.2, 0) is 11.3 Å². The largest absolute Gasteiger partial charge is 0.508 e. The zero-order chi connectivity index (χ0) is 19.1. The van der Waals surface area contributed by atoms with Crippen LogP contribution >= 0.6 is 0 Å². The predicted molar refractivity (Wildman–Crippen MR) is 101 cm³/mol. The first-order valence-electron chi connectivity index (χ1n) is 8.67. The molecule has 0 saturated heterocycles. The lowest BCUT2D eigenvalue weighted by molar-refractivity contribution is 0.0909. The number of rotatable bonds is 3. The first kappa shape index (κ1) is 17.2. The highest BCUT2D eigenvalue weighted by Crippen LogP contribution is 2.47. The molecule has 1 aliphatic rings. The summed E-state index contributed by atoms with van der Waals surface area (Å²) in [6.07, 6.45) is -0.504. The highest BCUT2D eigenvalue weighted by atomic mass is 16.5. The molecule has 1 heterocycles. The smallest absolute Gasteiger partial charge is 0.137 e. The Morgan fingerprint density at radius 2 is 1.70 bits per heavy atom. The summed E-state index contributed by atoms with van der Waals surface area (Å²) >= 11 is 0. The van der Waals surface area contributed by atoms with Crippen molar-refractivity contribution in [3.63, 3.8) is 0 Å². The molecule has 0 fully saturated rings. The first-order chi connectivity index (χ1) is 12.9. The van der Waals surface area contributed by atoms with Crippen LogP contribution in [0.1, 0.15) is 33.9 Å². The lowest BCUT2D eigenvalue weighted by atomic mass is 9.94. The third kappa shape index (κ3) is 3.17. The summed E-state index contributed by atoms with van der Waals surface area (Å²) in [7, 11) is 0. The number of aryl methyl sites for hydroxylation is 2. The Morgan fingerprint density at radius 1 is 0.926 bits per heavy atom. The first-order valence-corrected chi connectivity index (χ1v) is 8.67. The quantitative estimate of drug-likeness (QED) is 0.620. The number of benzene rings is 3. The van der Waals surface area contributed by atoms with Crippen LogP contribution in [0.25, 0.3) is 0 Å². The van der Waals surface area contributed by atoms with Crippen molar-refractivity contribution in [3.05, 3.63) is 76.3 Å². The van der Waals surface area contributed by atoms with Crippen molar-refractivity contribution in [1.29, 1.82) is 0 Å². The van der Waals surface area contributed by atoms with E-state index in [0.29, 0.717) is 23.7 Å². The zero-order valence-electron chi connectivity index (χ0n) is 15.1. The van der Waals surface area contributed by atoms with E-state index < -0.39 is 6.10 Å². The normalized spacial score (nSPS) is 15.6. The van der Waals surface area contributed by atoms with Crippen LogP contribution in [-0.4, -0.2) is 15.3 Å². The summed E-state index contributed by atoms with van der Waals surface area (Å²) in [5.41, 5.74) is 4.00. The van der Waals surface area contributed by atoms with Gasteiger partial charge in [-0.3, -0.25) is 0 Å². The maximum atomic E-state index is 10.4. The van der Waals surface area contributed by atoms with Crippen LogP contribution in [0.4, 0.5) is 0 Å². The van der Waals surface area contributed by atoms with Gasteiger partial charge in [-0.25, -0.2) is 0 Å². The van der Waals surface area contributed by atoms with Gasteiger partial charge in [0.15, 0.2) is 0 Å². The van der Waals surface area contributed by atoms with Gasteiger partial charge in [0.1, 0.15) is 34.9 Å². The highest BCUT2D eigenvalue weighted by Gasteiger charge is 2.32. The second-order valence-electron chi connectivity index (χ2n) is 6.82. The van der Waals surface area contributed by atoms with Gasteiger partial charge >= 0.3 is 0 Å². The van der Waals surface area contributed by atoms with Crippen LogP contribution in [0.3, 0.4) is 0 Å². The number of ether oxygens (including phenoxy) is 2. The Morgan fingerprint density at radius 3 is 2.48 bits per heavy atom. The van der Waals surface area contributed by atoms with E-state index >= 15 is 0 Å². The molecule has 0 amide bonds. The number of hydrogen-bond donors (Lipinski definition) is 3. The molecule has 5 heteroatoms. The van der Waals surface area contributed by atoms with E-state index in [-0.39, 0.29) is 17.2 Å². The molecule has 0 saturated carbocycles. The van der Waals surface area contributed by atoms with E-state index in [0.717, 1.165) is 22.3 Å². The summed E-state index contributed by atoms with van der Waals surface area (Å²) in [6.45, 7) is 4.10. The van der Waals surface area contributed by atoms with E-state index in [9.17, 15) is 15.3 Å². The molecule has 4 rings (SSSR count). The van der Waals surface area contributed by atoms with Crippen molar-refractivity contribution in [1.82, 2.24) is 0 Å². The Bertz CT molecular complexity index is 1010. The summed E-state index contributed by atoms with van der Waals surface area (Å²) in [6, 6.07) is 13.4. The van der Waals surface area contributed by atoms with Gasteiger partial charge in [-0.05, 0) is 54.8 Å². The van der Waals surface area contributed by atoms with Crippen molar-refractivity contribution < 1.29 is 24.8 Å². The number of aromatic hydroxyl groups is 3. The SMILES string of the molecule is Cc1cc(O)cc(Oc2cc(O)cc(C)c2C2OCc3cccc(O)c32)c1. The molecule has 0 aliphatic carbocycles. The molecule has 5 nitrogen and oxygen atoms in total. The molecule has 0 bridgehead atoms. The monoisotopic (exact) mass is 364 g/mol. The van der Waals surface area contributed by atoms with E-state index in [1.165, 1.54) is 12.1 Å². The maximum Gasteiger partial charge on any atom is 0.137 e. The maximum absolute atomic E-state index is 10.4. The molecule has 3 aromatic carbocycles. The second-order valence-corrected chi connectivity index (χ2v) is 6.82. The van der Waals surface area contributed by atoms with Crippen LogP contribution < -0.4 is 4.74 Å². The number of phenolic OH excluding ortho intramolecular Hbond substituents is 3. The van der Waals surface area contributed by atoms with Gasteiger partial charge in [-0.1, -0.05) is 12.1 Å². The van der Waals surface area contributed by atoms with E-state index in [2.05, 4.69) is 0 Å². The zero-order valence-corrected chi connectivity index (χ0v) is 15.1. The van der Waals surface area contributed by atoms with Gasteiger partial charge in [-0.15, -0.1) is 0 Å². The van der Waals surface area contributed by atoms with Gasteiger partial charge in [-0.2, -0.15) is 0 Å². The topological polar surface area (TPSA) is 79.2 Å². The molecule has 0 radical (unpaired) electrons. The van der Waals surface area contributed by atoms with Gasteiger partial charge in [0.05, 0.1) is 6.61 Å². The molecule has 3 N–H and O–H groups in total. The molecular formula is C22H20O5. The number of hydrogen-bond acceptors (Lipinski definition) is 5. The van der Waals surface area contributed by atoms with Crippen molar-refractivity contribution in [3.8, 4) is 28.7 Å². The fourth-order valence-corrected chi connectivity index (χ4v) is 3.59. The van der Waals surface area contributed by atoms with Crippen LogP contribution in [0, 0.1) is 13.8 Å². The van der Waals surface area contributed by atoms with E-state index in [4.69, 9.17) is 9.47 Å². The molecule has 0 aromatic heterocycles. The van der Waals surface area contributed by atoms with E-state index in [1.807, 2.05) is 19.9 Å². The fraction of sp³-hybridized carbons (Fsp3) is 0.182. The fourth-order valence-electron chi connectivity index (χ4n) is 3.59. The lowest BCUT2D eigenvalue weighted by Crippen LogP contribution is -2.04. The molecule has 0 spiro atoms. The number of fused-ring (bicyclic) bond motifs is 1. The minimum Gasteiger partial charge on any atom is -0.508 e. The Hall–Kier alpha value is -3.18. The van der Waals surface area contributed by atoms with E-state index in [1.54, 1.807) is 30.3 Å². The Labute approximate surface area is 157 Å². The van der Waals surface area contributed by atoms with Crippen LogP contribution in [0.2, 0.25) is 0 Å². The predicted octanol–water partition coefficient (Wildman–Crippen LogP) is 4.83. The van der Waals surface area contributed by atoms with Crippen molar-refractivity contribution in [2.75, 3.05) is 0 Å². The molecule has 1 unspecified atom stereocenters. The second kappa shape index (κ2) is 6.52.